The Morgan fingerprint density at radius 3 is 1.06 bits per heavy atom. The van der Waals surface area contributed by atoms with E-state index in [2.05, 4.69) is 0 Å². The minimum Gasteiger partial charge on any atom is -0.270 e. The Morgan fingerprint density at radius 2 is 0.944 bits per heavy atom. The van der Waals surface area contributed by atoms with Gasteiger partial charge in [0.1, 0.15) is 0 Å². The highest BCUT2D eigenvalue weighted by atomic mass is 16.8. The molecule has 0 bridgehead atoms. The van der Waals surface area contributed by atoms with E-state index in [-0.39, 0.29) is 11.8 Å². The molecule has 0 heterocycles. The van der Waals surface area contributed by atoms with Crippen LogP contribution in [0.2, 0.25) is 0 Å². The van der Waals surface area contributed by atoms with Gasteiger partial charge < -0.3 is 0 Å². The zero-order valence-electron chi connectivity index (χ0n) is 12.5. The van der Waals surface area contributed by atoms with Crippen molar-refractivity contribution in [3.63, 3.8) is 0 Å². The molecule has 0 aromatic carbocycles. The van der Waals surface area contributed by atoms with E-state index in [0.717, 1.165) is 10.3 Å². The third-order valence-corrected chi connectivity index (χ3v) is 2.14. The summed E-state index contributed by atoms with van der Waals surface area (Å²) in [5, 5.41) is 1.68. The molecule has 0 saturated heterocycles. The maximum atomic E-state index is 12.2. The first-order valence-corrected chi connectivity index (χ1v) is 5.74. The fourth-order valence-electron chi connectivity index (χ4n) is 1.05. The molecular formula is C12H24N2O4. The van der Waals surface area contributed by atoms with Crippen LogP contribution in [0.25, 0.3) is 0 Å². The van der Waals surface area contributed by atoms with Crippen LogP contribution in [0, 0.1) is 10.8 Å². The van der Waals surface area contributed by atoms with Gasteiger partial charge in [0.05, 0.1) is 14.2 Å². The van der Waals surface area contributed by atoms with Gasteiger partial charge in [-0.2, -0.15) is 0 Å². The number of hydrogen-bond acceptors (Lipinski definition) is 4. The Morgan fingerprint density at radius 1 is 0.722 bits per heavy atom. The van der Waals surface area contributed by atoms with Crippen molar-refractivity contribution in [3.05, 3.63) is 0 Å². The van der Waals surface area contributed by atoms with Crippen molar-refractivity contribution in [3.8, 4) is 0 Å². The molecule has 0 rings (SSSR count). The maximum absolute atomic E-state index is 12.2. The Labute approximate surface area is 109 Å². The summed E-state index contributed by atoms with van der Waals surface area (Å²) in [7, 11) is 2.62. The topological polar surface area (TPSA) is 59.1 Å². The average molecular weight is 260 g/mol. The van der Waals surface area contributed by atoms with Crippen molar-refractivity contribution >= 4 is 11.8 Å². The predicted molar refractivity (Wildman–Crippen MR) is 66.6 cm³/mol. The van der Waals surface area contributed by atoms with Gasteiger partial charge in [-0.15, -0.1) is 0 Å². The highest BCUT2D eigenvalue weighted by Gasteiger charge is 2.38. The van der Waals surface area contributed by atoms with Crippen molar-refractivity contribution in [2.75, 3.05) is 14.2 Å². The molecule has 0 aliphatic rings. The highest BCUT2D eigenvalue weighted by molar-refractivity contribution is 5.85. The molecule has 106 valence electrons. The first-order valence-electron chi connectivity index (χ1n) is 5.74. The van der Waals surface area contributed by atoms with Crippen molar-refractivity contribution in [2.45, 2.75) is 41.5 Å². The standard InChI is InChI=1S/C12H24N2O4/c1-11(2,3)9(15)13(17-7)14(18-8)10(16)12(4,5)6/h1-8H3. The fraction of sp³-hybridized carbons (Fsp3) is 0.833. The van der Waals surface area contributed by atoms with Crippen LogP contribution in [0.15, 0.2) is 0 Å². The molecular weight excluding hydrogens is 236 g/mol. The number of hydrogen-bond donors (Lipinski definition) is 0. The van der Waals surface area contributed by atoms with Gasteiger partial charge in [-0.05, 0) is 0 Å². The Bertz CT molecular complexity index is 283. The minimum absolute atomic E-state index is 0.371. The molecule has 0 saturated carbocycles. The molecule has 0 aliphatic carbocycles. The van der Waals surface area contributed by atoms with E-state index >= 15 is 0 Å². The van der Waals surface area contributed by atoms with Crippen molar-refractivity contribution < 1.29 is 19.3 Å². The molecule has 0 unspecified atom stereocenters. The molecule has 0 radical (unpaired) electrons. The van der Waals surface area contributed by atoms with E-state index in [9.17, 15) is 9.59 Å². The van der Waals surface area contributed by atoms with Crippen LogP contribution in [-0.2, 0) is 19.3 Å². The molecule has 0 aliphatic heterocycles. The van der Waals surface area contributed by atoms with E-state index in [1.807, 2.05) is 0 Å². The minimum atomic E-state index is -0.690. The van der Waals surface area contributed by atoms with Gasteiger partial charge in [0, 0.05) is 10.8 Å². The van der Waals surface area contributed by atoms with E-state index < -0.39 is 10.8 Å². The monoisotopic (exact) mass is 260 g/mol. The van der Waals surface area contributed by atoms with Crippen LogP contribution in [0.1, 0.15) is 41.5 Å². The lowest BCUT2D eigenvalue weighted by Gasteiger charge is -2.36. The lowest BCUT2D eigenvalue weighted by molar-refractivity contribution is -0.353. The summed E-state index contributed by atoms with van der Waals surface area (Å²) in [5.74, 6) is -0.742. The van der Waals surface area contributed by atoms with Crippen LogP contribution in [0.3, 0.4) is 0 Å². The summed E-state index contributed by atoms with van der Waals surface area (Å²) in [6, 6.07) is 0. The van der Waals surface area contributed by atoms with Gasteiger partial charge in [0.25, 0.3) is 11.8 Å². The summed E-state index contributed by atoms with van der Waals surface area (Å²) in [6.07, 6.45) is 0. The molecule has 0 aromatic heterocycles. The normalized spacial score (nSPS) is 12.2. The van der Waals surface area contributed by atoms with Crippen LogP contribution >= 0.6 is 0 Å². The molecule has 0 fully saturated rings. The van der Waals surface area contributed by atoms with E-state index in [1.165, 1.54) is 14.2 Å². The molecule has 0 spiro atoms. The SMILES string of the molecule is CON(C(=O)C(C)(C)C)N(OC)C(=O)C(C)(C)C. The second kappa shape index (κ2) is 5.67. The van der Waals surface area contributed by atoms with E-state index in [0.29, 0.717) is 0 Å². The van der Waals surface area contributed by atoms with Gasteiger partial charge in [0.15, 0.2) is 0 Å². The third-order valence-electron chi connectivity index (χ3n) is 2.14. The summed E-state index contributed by atoms with van der Waals surface area (Å²) in [5.41, 5.74) is -1.38. The average Bonchev–Trinajstić information content (AvgIpc) is 2.21. The molecule has 18 heavy (non-hydrogen) atoms. The summed E-state index contributed by atoms with van der Waals surface area (Å²) < 4.78 is 0. The second-order valence-corrected chi connectivity index (χ2v) is 6.02. The third kappa shape index (κ3) is 3.96. The van der Waals surface area contributed by atoms with Crippen LogP contribution in [0.4, 0.5) is 0 Å². The molecule has 0 aromatic rings. The van der Waals surface area contributed by atoms with E-state index in [1.54, 1.807) is 41.5 Å². The Balaban J connectivity index is 5.26. The van der Waals surface area contributed by atoms with Gasteiger partial charge in [-0.25, -0.2) is 0 Å². The predicted octanol–water partition coefficient (Wildman–Crippen LogP) is 1.77. The van der Waals surface area contributed by atoms with Crippen molar-refractivity contribution in [1.29, 1.82) is 0 Å². The van der Waals surface area contributed by atoms with Gasteiger partial charge >= 0.3 is 0 Å². The zero-order valence-corrected chi connectivity index (χ0v) is 12.5. The maximum Gasteiger partial charge on any atom is 0.274 e. The number of hydroxylamine groups is 2. The molecule has 6 nitrogen and oxygen atoms in total. The number of carbonyl (C=O) groups excluding carboxylic acids is 2. The van der Waals surface area contributed by atoms with Gasteiger partial charge in [-0.1, -0.05) is 51.9 Å². The summed E-state index contributed by atoms with van der Waals surface area (Å²) >= 11 is 0. The molecule has 2 amide bonds. The number of carbonyl (C=O) groups is 2. The smallest absolute Gasteiger partial charge is 0.270 e. The number of hydrazine groups is 1. The fourth-order valence-corrected chi connectivity index (χ4v) is 1.05. The number of amides is 2. The zero-order chi connectivity index (χ0) is 14.7. The lowest BCUT2D eigenvalue weighted by Crippen LogP contribution is -2.54. The van der Waals surface area contributed by atoms with Crippen molar-refractivity contribution in [2.24, 2.45) is 10.8 Å². The van der Waals surface area contributed by atoms with Crippen molar-refractivity contribution in [1.82, 2.24) is 10.3 Å². The van der Waals surface area contributed by atoms with E-state index in [4.69, 9.17) is 9.68 Å². The Hall–Kier alpha value is -1.14. The number of rotatable bonds is 2. The largest absolute Gasteiger partial charge is 0.274 e. The lowest BCUT2D eigenvalue weighted by atomic mass is 9.95. The molecule has 6 heteroatoms. The van der Waals surface area contributed by atoms with Gasteiger partial charge in [-0.3, -0.25) is 19.3 Å². The quantitative estimate of drug-likeness (QED) is 0.710. The van der Waals surface area contributed by atoms with Crippen LogP contribution in [-0.4, -0.2) is 36.4 Å². The molecule has 0 N–H and O–H groups in total. The molecule has 0 atom stereocenters. The Kier molecular flexibility index (Phi) is 5.31. The second-order valence-electron chi connectivity index (χ2n) is 6.02. The van der Waals surface area contributed by atoms with Gasteiger partial charge in [0.2, 0.25) is 0 Å². The number of nitrogens with zero attached hydrogens (tertiary/aromatic N) is 2. The highest BCUT2D eigenvalue weighted by Crippen LogP contribution is 2.23. The van der Waals surface area contributed by atoms with Crippen LogP contribution < -0.4 is 0 Å². The first-order chi connectivity index (χ1) is 7.96. The van der Waals surface area contributed by atoms with Crippen LogP contribution in [0.5, 0.6) is 0 Å². The first kappa shape index (κ1) is 16.9. The summed E-state index contributed by atoms with van der Waals surface area (Å²) in [4.78, 5) is 34.3. The summed E-state index contributed by atoms with van der Waals surface area (Å²) in [6.45, 7) is 10.4.